The quantitative estimate of drug-likeness (QED) is 0.354. The molecule has 4 aromatic rings. The Balaban J connectivity index is 1.27. The number of carbonyl (C=O) groups is 2. The Labute approximate surface area is 213 Å². The Hall–Kier alpha value is -4.30. The van der Waals surface area contributed by atoms with Crippen LogP contribution in [-0.4, -0.2) is 52.4 Å². The molecule has 1 amide bonds. The van der Waals surface area contributed by atoms with Crippen molar-refractivity contribution in [2.75, 3.05) is 19.8 Å². The smallest absolute Gasteiger partial charge is 0.261 e. The van der Waals surface area contributed by atoms with Crippen molar-refractivity contribution in [3.05, 3.63) is 106 Å². The zero-order valence-corrected chi connectivity index (χ0v) is 20.3. The first-order valence-corrected chi connectivity index (χ1v) is 12.3. The zero-order chi connectivity index (χ0) is 25.6. The standard InChI is InChI=1S/C29H27N3O5/c33-27(19-37-22-14-12-21(13-15-22)28(34)20-7-2-1-3-8-20)32(17-23-9-6-16-36-23)18-26-30-25-11-5-4-10-24(25)29(35)31-26/h1-5,7-8,10-15,23H,6,9,16-19H2,(H,30,31,35). The first-order valence-electron chi connectivity index (χ1n) is 12.3. The van der Waals surface area contributed by atoms with Crippen LogP contribution in [0.15, 0.2) is 83.7 Å². The van der Waals surface area contributed by atoms with E-state index >= 15 is 0 Å². The largest absolute Gasteiger partial charge is 0.484 e. The predicted molar refractivity (Wildman–Crippen MR) is 139 cm³/mol. The number of ether oxygens (including phenoxy) is 2. The van der Waals surface area contributed by atoms with E-state index in [1.54, 1.807) is 59.5 Å². The molecule has 3 aromatic carbocycles. The maximum atomic E-state index is 13.2. The first kappa shape index (κ1) is 24.4. The van der Waals surface area contributed by atoms with Crippen molar-refractivity contribution < 1.29 is 19.1 Å². The van der Waals surface area contributed by atoms with Gasteiger partial charge in [-0.2, -0.15) is 0 Å². The average molecular weight is 498 g/mol. The molecule has 8 heteroatoms. The van der Waals surface area contributed by atoms with Gasteiger partial charge in [0, 0.05) is 24.3 Å². The van der Waals surface area contributed by atoms with Crippen LogP contribution in [-0.2, 0) is 16.1 Å². The Morgan fingerprint density at radius 1 is 0.973 bits per heavy atom. The number of nitrogens with one attached hydrogen (secondary N) is 1. The van der Waals surface area contributed by atoms with E-state index in [0.717, 1.165) is 12.8 Å². The maximum Gasteiger partial charge on any atom is 0.261 e. The van der Waals surface area contributed by atoms with Crippen LogP contribution in [0.3, 0.4) is 0 Å². The number of benzene rings is 3. The number of rotatable bonds is 9. The number of nitrogens with zero attached hydrogens (tertiary/aromatic N) is 2. The van der Waals surface area contributed by atoms with Gasteiger partial charge in [0.25, 0.3) is 11.5 Å². The maximum absolute atomic E-state index is 13.2. The van der Waals surface area contributed by atoms with Crippen molar-refractivity contribution in [3.8, 4) is 5.75 Å². The number of hydrogen-bond acceptors (Lipinski definition) is 6. The highest BCUT2D eigenvalue weighted by molar-refractivity contribution is 6.09. The number of hydrogen-bond donors (Lipinski definition) is 1. The summed E-state index contributed by atoms with van der Waals surface area (Å²) in [5.41, 5.74) is 1.48. The minimum absolute atomic E-state index is 0.0700. The van der Waals surface area contributed by atoms with Gasteiger partial charge in [0.15, 0.2) is 12.4 Å². The monoisotopic (exact) mass is 497 g/mol. The molecule has 0 aliphatic carbocycles. The van der Waals surface area contributed by atoms with Crippen LogP contribution in [0, 0.1) is 0 Å². The molecule has 5 rings (SSSR count). The molecule has 1 saturated heterocycles. The summed E-state index contributed by atoms with van der Waals surface area (Å²) in [6.45, 7) is 0.981. The minimum atomic E-state index is -0.254. The van der Waals surface area contributed by atoms with Crippen LogP contribution < -0.4 is 10.3 Å². The SMILES string of the molecule is O=C(c1ccccc1)c1ccc(OCC(=O)N(Cc2nc3ccccc3c(=O)[nH]2)CC2CCCO2)cc1. The molecule has 1 aromatic heterocycles. The van der Waals surface area contributed by atoms with E-state index in [-0.39, 0.29) is 36.5 Å². The normalized spacial score (nSPS) is 15.0. The topological polar surface area (TPSA) is 102 Å². The van der Waals surface area contributed by atoms with Crippen molar-refractivity contribution in [2.24, 2.45) is 0 Å². The van der Waals surface area contributed by atoms with Crippen molar-refractivity contribution in [3.63, 3.8) is 0 Å². The summed E-state index contributed by atoms with van der Waals surface area (Å²) < 4.78 is 11.5. The lowest BCUT2D eigenvalue weighted by Crippen LogP contribution is -2.40. The molecule has 1 unspecified atom stereocenters. The molecule has 1 aliphatic rings. The fourth-order valence-electron chi connectivity index (χ4n) is 4.37. The molecule has 1 fully saturated rings. The van der Waals surface area contributed by atoms with E-state index < -0.39 is 0 Å². The number of fused-ring (bicyclic) bond motifs is 1. The minimum Gasteiger partial charge on any atom is -0.484 e. The van der Waals surface area contributed by atoms with Gasteiger partial charge in [-0.15, -0.1) is 0 Å². The molecule has 8 nitrogen and oxygen atoms in total. The summed E-state index contributed by atoms with van der Waals surface area (Å²) in [4.78, 5) is 47.2. The molecular formula is C29H27N3O5. The average Bonchev–Trinajstić information content (AvgIpc) is 3.45. The van der Waals surface area contributed by atoms with Crippen molar-refractivity contribution in [2.45, 2.75) is 25.5 Å². The second kappa shape index (κ2) is 11.2. The van der Waals surface area contributed by atoms with Crippen LogP contribution in [0.1, 0.15) is 34.6 Å². The summed E-state index contributed by atoms with van der Waals surface area (Å²) in [6.07, 6.45) is 1.74. The Bertz CT molecular complexity index is 1440. The third kappa shape index (κ3) is 5.92. The number of H-pyrrole nitrogens is 1. The zero-order valence-electron chi connectivity index (χ0n) is 20.3. The van der Waals surface area contributed by atoms with Gasteiger partial charge in [0.1, 0.15) is 11.6 Å². The highest BCUT2D eigenvalue weighted by atomic mass is 16.5. The highest BCUT2D eigenvalue weighted by Crippen LogP contribution is 2.18. The lowest BCUT2D eigenvalue weighted by molar-refractivity contribution is -0.135. The van der Waals surface area contributed by atoms with E-state index in [4.69, 9.17) is 9.47 Å². The molecule has 37 heavy (non-hydrogen) atoms. The fraction of sp³-hybridized carbons (Fsp3) is 0.241. The number of amides is 1. The summed E-state index contributed by atoms with van der Waals surface area (Å²) in [5, 5.41) is 0.501. The van der Waals surface area contributed by atoms with Crippen LogP contribution in [0.4, 0.5) is 0 Å². The van der Waals surface area contributed by atoms with E-state index in [1.807, 2.05) is 24.3 Å². The molecule has 0 radical (unpaired) electrons. The van der Waals surface area contributed by atoms with Crippen LogP contribution in [0.2, 0.25) is 0 Å². The van der Waals surface area contributed by atoms with Crippen LogP contribution >= 0.6 is 0 Å². The molecule has 0 bridgehead atoms. The van der Waals surface area contributed by atoms with Gasteiger partial charge in [-0.05, 0) is 49.2 Å². The molecule has 1 atom stereocenters. The van der Waals surface area contributed by atoms with Crippen LogP contribution in [0.5, 0.6) is 5.75 Å². The van der Waals surface area contributed by atoms with Gasteiger partial charge in [0.2, 0.25) is 0 Å². The number of ketones is 1. The summed E-state index contributed by atoms with van der Waals surface area (Å²) in [5.74, 6) is 0.546. The van der Waals surface area contributed by atoms with E-state index in [2.05, 4.69) is 9.97 Å². The van der Waals surface area contributed by atoms with E-state index in [9.17, 15) is 14.4 Å². The Kier molecular flexibility index (Phi) is 7.37. The Morgan fingerprint density at radius 2 is 1.70 bits per heavy atom. The van der Waals surface area contributed by atoms with Crippen LogP contribution in [0.25, 0.3) is 10.9 Å². The third-order valence-electron chi connectivity index (χ3n) is 6.32. The number of aromatic amines is 1. The number of aromatic nitrogens is 2. The third-order valence-corrected chi connectivity index (χ3v) is 6.32. The lowest BCUT2D eigenvalue weighted by Gasteiger charge is -2.25. The van der Waals surface area contributed by atoms with Crippen molar-refractivity contribution >= 4 is 22.6 Å². The summed E-state index contributed by atoms with van der Waals surface area (Å²) in [7, 11) is 0. The Morgan fingerprint density at radius 3 is 2.46 bits per heavy atom. The summed E-state index contributed by atoms with van der Waals surface area (Å²) in [6, 6.07) is 22.9. The predicted octanol–water partition coefficient (Wildman–Crippen LogP) is 3.74. The fourth-order valence-corrected chi connectivity index (χ4v) is 4.37. The van der Waals surface area contributed by atoms with Crippen molar-refractivity contribution in [1.29, 1.82) is 0 Å². The van der Waals surface area contributed by atoms with Gasteiger partial charge in [-0.1, -0.05) is 42.5 Å². The molecule has 0 saturated carbocycles. The highest BCUT2D eigenvalue weighted by Gasteiger charge is 2.24. The molecule has 188 valence electrons. The second-order valence-corrected chi connectivity index (χ2v) is 8.95. The number of para-hydroxylation sites is 1. The molecular weight excluding hydrogens is 470 g/mol. The molecule has 0 spiro atoms. The van der Waals surface area contributed by atoms with Gasteiger partial charge in [-0.3, -0.25) is 14.4 Å². The van der Waals surface area contributed by atoms with Crippen molar-refractivity contribution in [1.82, 2.24) is 14.9 Å². The molecule has 2 heterocycles. The van der Waals surface area contributed by atoms with Gasteiger partial charge in [-0.25, -0.2) is 4.98 Å². The second-order valence-electron chi connectivity index (χ2n) is 8.95. The number of carbonyl (C=O) groups excluding carboxylic acids is 2. The van der Waals surface area contributed by atoms with Gasteiger partial charge >= 0.3 is 0 Å². The van der Waals surface area contributed by atoms with E-state index in [1.165, 1.54) is 0 Å². The first-order chi connectivity index (χ1) is 18.1. The van der Waals surface area contributed by atoms with E-state index in [0.29, 0.717) is 46.8 Å². The van der Waals surface area contributed by atoms with Gasteiger partial charge < -0.3 is 19.4 Å². The molecule has 1 aliphatic heterocycles. The molecule has 1 N–H and O–H groups in total. The lowest BCUT2D eigenvalue weighted by atomic mass is 10.0. The van der Waals surface area contributed by atoms with Gasteiger partial charge in [0.05, 0.1) is 23.6 Å². The summed E-state index contributed by atoms with van der Waals surface area (Å²) >= 11 is 0.